The summed E-state index contributed by atoms with van der Waals surface area (Å²) >= 11 is 11.7. The summed E-state index contributed by atoms with van der Waals surface area (Å²) in [5.41, 5.74) is 0.823. The fourth-order valence-corrected chi connectivity index (χ4v) is 1.83. The van der Waals surface area contributed by atoms with Gasteiger partial charge in [0.1, 0.15) is 0 Å². The quantitative estimate of drug-likeness (QED) is 0.888. The maximum atomic E-state index is 9.82. The number of rotatable bonds is 5. The summed E-state index contributed by atoms with van der Waals surface area (Å²) in [6, 6.07) is 7.07. The second-order valence-corrected chi connectivity index (χ2v) is 4.71. The van der Waals surface area contributed by atoms with Crippen LogP contribution in [0.15, 0.2) is 36.7 Å². The molecule has 2 aromatic rings. The first-order valence-corrected chi connectivity index (χ1v) is 6.25. The maximum absolute atomic E-state index is 9.82. The standard InChI is InChI=1S/C12H13Cl2N3O/c13-11-3-2-9(6-12(11)14)15-7-10(18)8-17-5-1-4-16-17/h1-6,10,15,18H,7-8H2. The Morgan fingerprint density at radius 2 is 2.17 bits per heavy atom. The van der Waals surface area contributed by atoms with Crippen molar-refractivity contribution in [1.29, 1.82) is 0 Å². The fourth-order valence-electron chi connectivity index (χ4n) is 1.53. The summed E-state index contributed by atoms with van der Waals surface area (Å²) in [5.74, 6) is 0. The third-order valence-corrected chi connectivity index (χ3v) is 3.16. The van der Waals surface area contributed by atoms with E-state index in [0.29, 0.717) is 23.1 Å². The molecule has 1 unspecified atom stereocenters. The van der Waals surface area contributed by atoms with Crippen LogP contribution in [0.3, 0.4) is 0 Å². The molecule has 0 fully saturated rings. The van der Waals surface area contributed by atoms with Crippen molar-refractivity contribution in [1.82, 2.24) is 9.78 Å². The van der Waals surface area contributed by atoms with Gasteiger partial charge in [-0.1, -0.05) is 23.2 Å². The lowest BCUT2D eigenvalue weighted by Crippen LogP contribution is -2.25. The van der Waals surface area contributed by atoms with Crippen molar-refractivity contribution in [3.8, 4) is 0 Å². The Hall–Kier alpha value is -1.23. The van der Waals surface area contributed by atoms with Crippen molar-refractivity contribution in [2.75, 3.05) is 11.9 Å². The molecule has 2 rings (SSSR count). The average molecular weight is 286 g/mol. The van der Waals surface area contributed by atoms with Crippen molar-refractivity contribution >= 4 is 28.9 Å². The zero-order valence-electron chi connectivity index (χ0n) is 9.55. The van der Waals surface area contributed by atoms with Gasteiger partial charge in [0.15, 0.2) is 0 Å². The minimum atomic E-state index is -0.528. The number of nitrogens with zero attached hydrogens (tertiary/aromatic N) is 2. The van der Waals surface area contributed by atoms with Crippen LogP contribution in [0.1, 0.15) is 0 Å². The number of anilines is 1. The van der Waals surface area contributed by atoms with Crippen molar-refractivity contribution < 1.29 is 5.11 Å². The summed E-state index contributed by atoms with van der Waals surface area (Å²) in [5, 5.41) is 17.9. The van der Waals surface area contributed by atoms with Crippen LogP contribution >= 0.6 is 23.2 Å². The van der Waals surface area contributed by atoms with E-state index in [1.54, 1.807) is 23.0 Å². The Morgan fingerprint density at radius 1 is 1.33 bits per heavy atom. The third kappa shape index (κ3) is 3.63. The molecule has 0 saturated carbocycles. The molecular formula is C12H13Cl2N3O. The predicted molar refractivity (Wildman–Crippen MR) is 73.2 cm³/mol. The molecule has 0 saturated heterocycles. The highest BCUT2D eigenvalue weighted by molar-refractivity contribution is 6.42. The van der Waals surface area contributed by atoms with Crippen molar-refractivity contribution in [2.45, 2.75) is 12.6 Å². The van der Waals surface area contributed by atoms with Crippen LogP contribution < -0.4 is 5.32 Å². The maximum Gasteiger partial charge on any atom is 0.0907 e. The number of nitrogens with one attached hydrogen (secondary N) is 1. The normalized spacial score (nSPS) is 12.4. The van der Waals surface area contributed by atoms with E-state index < -0.39 is 6.10 Å². The summed E-state index contributed by atoms with van der Waals surface area (Å²) in [4.78, 5) is 0. The first-order chi connectivity index (χ1) is 8.65. The lowest BCUT2D eigenvalue weighted by atomic mass is 10.3. The number of hydrogen-bond donors (Lipinski definition) is 2. The van der Waals surface area contributed by atoms with Crippen LogP contribution in [0.25, 0.3) is 0 Å². The molecule has 4 nitrogen and oxygen atoms in total. The van der Waals surface area contributed by atoms with Crippen molar-refractivity contribution in [3.05, 3.63) is 46.7 Å². The van der Waals surface area contributed by atoms with Crippen molar-refractivity contribution in [3.63, 3.8) is 0 Å². The molecule has 0 radical (unpaired) electrons. The van der Waals surface area contributed by atoms with Gasteiger partial charge in [-0.2, -0.15) is 5.10 Å². The van der Waals surface area contributed by atoms with Crippen LogP contribution in [0.2, 0.25) is 10.0 Å². The molecule has 96 valence electrons. The Bertz CT molecular complexity index is 502. The number of hydrogen-bond acceptors (Lipinski definition) is 3. The molecule has 6 heteroatoms. The minimum absolute atomic E-state index is 0.415. The van der Waals surface area contributed by atoms with E-state index in [-0.39, 0.29) is 0 Å². The van der Waals surface area contributed by atoms with Gasteiger partial charge in [0, 0.05) is 24.6 Å². The third-order valence-electron chi connectivity index (χ3n) is 2.42. The van der Waals surface area contributed by atoms with Crippen LogP contribution in [0.5, 0.6) is 0 Å². The van der Waals surface area contributed by atoms with Gasteiger partial charge in [-0.15, -0.1) is 0 Å². The molecule has 18 heavy (non-hydrogen) atoms. The summed E-state index contributed by atoms with van der Waals surface area (Å²) < 4.78 is 1.68. The molecule has 0 aliphatic heterocycles. The summed E-state index contributed by atoms with van der Waals surface area (Å²) in [7, 11) is 0. The summed E-state index contributed by atoms with van der Waals surface area (Å²) in [6.45, 7) is 0.860. The van der Waals surface area contributed by atoms with Gasteiger partial charge in [0.2, 0.25) is 0 Å². The van der Waals surface area contributed by atoms with E-state index in [4.69, 9.17) is 23.2 Å². The molecule has 0 amide bonds. The molecular weight excluding hydrogens is 273 g/mol. The largest absolute Gasteiger partial charge is 0.389 e. The molecule has 1 aromatic carbocycles. The Balaban J connectivity index is 1.85. The van der Waals surface area contributed by atoms with Crippen LogP contribution in [0, 0.1) is 0 Å². The van der Waals surface area contributed by atoms with E-state index in [1.165, 1.54) is 0 Å². The highest BCUT2D eigenvalue weighted by Gasteiger charge is 2.06. The van der Waals surface area contributed by atoms with E-state index in [2.05, 4.69) is 10.4 Å². The topological polar surface area (TPSA) is 50.1 Å². The molecule has 2 N–H and O–H groups in total. The molecule has 0 aliphatic rings. The molecule has 0 aliphatic carbocycles. The number of aromatic nitrogens is 2. The smallest absolute Gasteiger partial charge is 0.0907 e. The Kier molecular flexibility index (Phi) is 4.47. The highest BCUT2D eigenvalue weighted by Crippen LogP contribution is 2.24. The zero-order valence-corrected chi connectivity index (χ0v) is 11.1. The Morgan fingerprint density at radius 3 is 2.83 bits per heavy atom. The lowest BCUT2D eigenvalue weighted by Gasteiger charge is -2.13. The molecule has 1 atom stereocenters. The van der Waals surface area contributed by atoms with E-state index in [9.17, 15) is 5.11 Å². The molecule has 0 bridgehead atoms. The Labute approximate surface area is 115 Å². The number of aliphatic hydroxyl groups is 1. The SMILES string of the molecule is OC(CNc1ccc(Cl)c(Cl)c1)Cn1cccn1. The van der Waals surface area contributed by atoms with Gasteiger partial charge in [-0.05, 0) is 24.3 Å². The molecule has 1 heterocycles. The van der Waals surface area contributed by atoms with Crippen LogP contribution in [0.4, 0.5) is 5.69 Å². The first-order valence-electron chi connectivity index (χ1n) is 5.49. The van der Waals surface area contributed by atoms with Crippen LogP contribution in [-0.4, -0.2) is 27.5 Å². The lowest BCUT2D eigenvalue weighted by molar-refractivity contribution is 0.161. The van der Waals surface area contributed by atoms with Gasteiger partial charge in [0.25, 0.3) is 0 Å². The van der Waals surface area contributed by atoms with E-state index in [0.717, 1.165) is 5.69 Å². The van der Waals surface area contributed by atoms with Crippen LogP contribution in [-0.2, 0) is 6.54 Å². The zero-order chi connectivity index (χ0) is 13.0. The number of benzene rings is 1. The monoisotopic (exact) mass is 285 g/mol. The van der Waals surface area contributed by atoms with Gasteiger partial charge in [-0.3, -0.25) is 4.68 Å². The number of halogens is 2. The number of aliphatic hydroxyl groups excluding tert-OH is 1. The van der Waals surface area contributed by atoms with Crippen molar-refractivity contribution in [2.24, 2.45) is 0 Å². The molecule has 1 aromatic heterocycles. The van der Waals surface area contributed by atoms with Gasteiger partial charge in [0.05, 0.1) is 22.7 Å². The average Bonchev–Trinajstić information content (AvgIpc) is 2.83. The second-order valence-electron chi connectivity index (χ2n) is 3.89. The van der Waals surface area contributed by atoms with Gasteiger partial charge < -0.3 is 10.4 Å². The minimum Gasteiger partial charge on any atom is -0.389 e. The van der Waals surface area contributed by atoms with E-state index in [1.807, 2.05) is 18.3 Å². The van der Waals surface area contributed by atoms with E-state index >= 15 is 0 Å². The predicted octanol–water partition coefficient (Wildman–Crippen LogP) is 2.66. The van der Waals surface area contributed by atoms with Gasteiger partial charge >= 0.3 is 0 Å². The first kappa shape index (κ1) is 13.2. The van der Waals surface area contributed by atoms with Gasteiger partial charge in [-0.25, -0.2) is 0 Å². The summed E-state index contributed by atoms with van der Waals surface area (Å²) in [6.07, 6.45) is 2.96. The molecule has 0 spiro atoms. The fraction of sp³-hybridized carbons (Fsp3) is 0.250. The highest BCUT2D eigenvalue weighted by atomic mass is 35.5. The second kappa shape index (κ2) is 6.09.